The molecule has 0 fully saturated rings. The lowest BCUT2D eigenvalue weighted by atomic mass is 10.0. The van der Waals surface area contributed by atoms with Crippen molar-refractivity contribution < 1.29 is 4.74 Å². The first kappa shape index (κ1) is 19.4. The standard InChI is InChI=1S/C32H17N3OS/c1-4-12-23-18(8-1)19-16-17-27-28(21-10-3-6-15-26(21)37-27)31(19)35(23)32-33-22-11-7-14-25-29(22)30(34-32)20-9-2-5-13-24(20)36-25/h1-17H. The molecule has 4 heterocycles. The minimum absolute atomic E-state index is 0.672. The maximum absolute atomic E-state index is 6.23. The molecule has 0 atom stereocenters. The maximum Gasteiger partial charge on any atom is 0.235 e. The second kappa shape index (κ2) is 6.93. The van der Waals surface area contributed by atoms with E-state index in [1.165, 1.54) is 30.9 Å². The second-order valence-corrected chi connectivity index (χ2v) is 10.5. The zero-order valence-electron chi connectivity index (χ0n) is 19.5. The van der Waals surface area contributed by atoms with Gasteiger partial charge in [0.2, 0.25) is 5.95 Å². The summed E-state index contributed by atoms with van der Waals surface area (Å²) in [4.78, 5) is 10.4. The molecule has 0 unspecified atom stereocenters. The lowest BCUT2D eigenvalue weighted by molar-refractivity contribution is 0.486. The molecule has 5 aromatic carbocycles. The predicted molar refractivity (Wildman–Crippen MR) is 152 cm³/mol. The Morgan fingerprint density at radius 2 is 1.41 bits per heavy atom. The minimum Gasteiger partial charge on any atom is -0.456 e. The number of thiophene rings is 1. The van der Waals surface area contributed by atoms with Crippen molar-refractivity contribution in [1.29, 1.82) is 0 Å². The number of para-hydroxylation sites is 2. The lowest BCUT2D eigenvalue weighted by Crippen LogP contribution is -2.06. The molecule has 37 heavy (non-hydrogen) atoms. The van der Waals surface area contributed by atoms with Gasteiger partial charge in [-0.05, 0) is 42.5 Å². The van der Waals surface area contributed by atoms with Crippen molar-refractivity contribution in [2.75, 3.05) is 0 Å². The van der Waals surface area contributed by atoms with Gasteiger partial charge in [0.05, 0.1) is 27.6 Å². The van der Waals surface area contributed by atoms with Crippen LogP contribution in [0.3, 0.4) is 0 Å². The number of ether oxygens (including phenoxy) is 1. The molecular weight excluding hydrogens is 474 g/mol. The minimum atomic E-state index is 0.672. The normalized spacial score (nSPS) is 12.5. The van der Waals surface area contributed by atoms with E-state index in [9.17, 15) is 0 Å². The Bertz CT molecular complexity index is 2240. The van der Waals surface area contributed by atoms with Gasteiger partial charge in [-0.15, -0.1) is 11.3 Å². The van der Waals surface area contributed by atoms with Crippen LogP contribution in [0.15, 0.2) is 103 Å². The summed E-state index contributed by atoms with van der Waals surface area (Å²) in [5.41, 5.74) is 5.02. The SMILES string of the molecule is c1ccc2c(c1)Oc1cccc3nc(-n4c5ccccc5c5ccc6sc7ccccc7c6c54)nc-2c13. The molecule has 5 heteroatoms. The number of nitrogens with zero attached hydrogens (tertiary/aromatic N) is 3. The first-order valence-corrected chi connectivity index (χ1v) is 13.1. The van der Waals surface area contributed by atoms with Crippen LogP contribution in [-0.2, 0) is 0 Å². The van der Waals surface area contributed by atoms with E-state index in [1.54, 1.807) is 0 Å². The van der Waals surface area contributed by atoms with Crippen LogP contribution in [0.5, 0.6) is 11.5 Å². The molecule has 0 spiro atoms. The van der Waals surface area contributed by atoms with Gasteiger partial charge in [0.1, 0.15) is 11.5 Å². The van der Waals surface area contributed by atoms with E-state index in [0.717, 1.165) is 44.7 Å². The highest BCUT2D eigenvalue weighted by Gasteiger charge is 2.25. The van der Waals surface area contributed by atoms with E-state index in [4.69, 9.17) is 14.7 Å². The highest BCUT2D eigenvalue weighted by molar-refractivity contribution is 7.26. The quantitative estimate of drug-likeness (QED) is 0.230. The molecule has 0 bridgehead atoms. The van der Waals surface area contributed by atoms with Gasteiger partial charge < -0.3 is 4.74 Å². The third-order valence-corrected chi connectivity index (χ3v) is 8.55. The summed E-state index contributed by atoms with van der Waals surface area (Å²) in [7, 11) is 0. The fourth-order valence-corrected chi connectivity index (χ4v) is 6.97. The summed E-state index contributed by atoms with van der Waals surface area (Å²) >= 11 is 1.83. The zero-order chi connectivity index (χ0) is 24.1. The molecule has 4 nitrogen and oxygen atoms in total. The van der Waals surface area contributed by atoms with Crippen LogP contribution in [0.25, 0.3) is 70.1 Å². The lowest BCUT2D eigenvalue weighted by Gasteiger charge is -2.21. The van der Waals surface area contributed by atoms with Crippen molar-refractivity contribution in [3.8, 4) is 28.7 Å². The molecule has 0 aliphatic carbocycles. The van der Waals surface area contributed by atoms with Gasteiger partial charge >= 0.3 is 0 Å². The smallest absolute Gasteiger partial charge is 0.235 e. The molecule has 0 amide bonds. The Morgan fingerprint density at radius 3 is 2.38 bits per heavy atom. The van der Waals surface area contributed by atoms with Crippen molar-refractivity contribution in [2.45, 2.75) is 0 Å². The molecule has 8 aromatic rings. The summed E-state index contributed by atoms with van der Waals surface area (Å²) < 4.78 is 11.0. The Balaban J connectivity index is 1.50. The average Bonchev–Trinajstić information content (AvgIpc) is 3.49. The number of hydrogen-bond acceptors (Lipinski definition) is 4. The molecular formula is C32H17N3OS. The first-order valence-electron chi connectivity index (χ1n) is 12.3. The van der Waals surface area contributed by atoms with Crippen LogP contribution in [0.4, 0.5) is 0 Å². The van der Waals surface area contributed by atoms with E-state index in [0.29, 0.717) is 5.95 Å². The topological polar surface area (TPSA) is 39.9 Å². The summed E-state index contributed by atoms with van der Waals surface area (Å²) in [6.45, 7) is 0. The number of hydrogen-bond donors (Lipinski definition) is 0. The third-order valence-electron chi connectivity index (χ3n) is 7.41. The van der Waals surface area contributed by atoms with Crippen LogP contribution in [0, 0.1) is 0 Å². The predicted octanol–water partition coefficient (Wildman–Crippen LogP) is 8.87. The summed E-state index contributed by atoms with van der Waals surface area (Å²) in [6, 6.07) is 35.9. The van der Waals surface area contributed by atoms with Gasteiger partial charge in [-0.3, -0.25) is 4.57 Å². The fourth-order valence-electron chi connectivity index (χ4n) is 5.86. The van der Waals surface area contributed by atoms with E-state index in [-0.39, 0.29) is 0 Å². The van der Waals surface area contributed by atoms with Crippen LogP contribution < -0.4 is 4.74 Å². The number of aromatic nitrogens is 3. The van der Waals surface area contributed by atoms with Gasteiger partial charge in [-0.1, -0.05) is 60.7 Å². The summed E-state index contributed by atoms with van der Waals surface area (Å²) in [6.07, 6.45) is 0. The molecule has 1 aliphatic heterocycles. The Hall–Kier alpha value is -4.74. The number of benzene rings is 5. The van der Waals surface area contributed by atoms with E-state index in [2.05, 4.69) is 71.3 Å². The zero-order valence-corrected chi connectivity index (χ0v) is 20.3. The molecule has 9 rings (SSSR count). The molecule has 0 saturated heterocycles. The van der Waals surface area contributed by atoms with Crippen LogP contribution >= 0.6 is 11.3 Å². The summed E-state index contributed by atoms with van der Waals surface area (Å²) in [5.74, 6) is 2.29. The molecule has 0 radical (unpaired) electrons. The Kier molecular flexibility index (Phi) is 3.64. The second-order valence-electron chi connectivity index (χ2n) is 9.41. The average molecular weight is 492 g/mol. The van der Waals surface area contributed by atoms with E-state index >= 15 is 0 Å². The molecule has 0 saturated carbocycles. The number of fused-ring (bicyclic) bond motifs is 9. The number of rotatable bonds is 1. The monoisotopic (exact) mass is 491 g/mol. The third kappa shape index (κ3) is 2.51. The van der Waals surface area contributed by atoms with Crippen molar-refractivity contribution in [3.05, 3.63) is 103 Å². The first-order chi connectivity index (χ1) is 18.3. The maximum atomic E-state index is 6.23. The van der Waals surface area contributed by atoms with Gasteiger partial charge in [-0.2, -0.15) is 0 Å². The largest absolute Gasteiger partial charge is 0.456 e. The van der Waals surface area contributed by atoms with E-state index in [1.807, 2.05) is 47.7 Å². The molecule has 3 aromatic heterocycles. The molecule has 0 N–H and O–H groups in total. The van der Waals surface area contributed by atoms with Gasteiger partial charge in [0.25, 0.3) is 0 Å². The highest BCUT2D eigenvalue weighted by Crippen LogP contribution is 2.46. The van der Waals surface area contributed by atoms with Gasteiger partial charge in [-0.25, -0.2) is 9.97 Å². The van der Waals surface area contributed by atoms with Gasteiger partial charge in [0, 0.05) is 36.5 Å². The Labute approximate surface area is 215 Å². The Morgan fingerprint density at radius 1 is 0.595 bits per heavy atom. The van der Waals surface area contributed by atoms with Gasteiger partial charge in [0.15, 0.2) is 0 Å². The summed E-state index contributed by atoms with van der Waals surface area (Å²) in [5, 5.41) is 5.88. The fraction of sp³-hybridized carbons (Fsp3) is 0. The van der Waals surface area contributed by atoms with Crippen LogP contribution in [0.2, 0.25) is 0 Å². The van der Waals surface area contributed by atoms with E-state index < -0.39 is 0 Å². The molecule has 172 valence electrons. The van der Waals surface area contributed by atoms with Crippen molar-refractivity contribution >= 4 is 64.2 Å². The molecule has 1 aliphatic rings. The van der Waals surface area contributed by atoms with Crippen molar-refractivity contribution in [3.63, 3.8) is 0 Å². The van der Waals surface area contributed by atoms with Crippen LogP contribution in [0.1, 0.15) is 0 Å². The van der Waals surface area contributed by atoms with Crippen LogP contribution in [-0.4, -0.2) is 14.5 Å². The van der Waals surface area contributed by atoms with Crippen molar-refractivity contribution in [1.82, 2.24) is 14.5 Å². The van der Waals surface area contributed by atoms with Crippen molar-refractivity contribution in [2.24, 2.45) is 0 Å². The highest BCUT2D eigenvalue weighted by atomic mass is 32.1.